The average molecular weight is 245 g/mol. The summed E-state index contributed by atoms with van der Waals surface area (Å²) in [5.74, 6) is 0.932. The minimum absolute atomic E-state index is 0.549. The zero-order valence-electron chi connectivity index (χ0n) is 10.5. The van der Waals surface area contributed by atoms with E-state index in [-0.39, 0.29) is 0 Å². The van der Waals surface area contributed by atoms with Crippen LogP contribution in [0.15, 0.2) is 0 Å². The van der Waals surface area contributed by atoms with Gasteiger partial charge in [0.05, 0.1) is 4.75 Å². The third kappa shape index (κ3) is 2.43. The van der Waals surface area contributed by atoms with E-state index in [1.165, 1.54) is 31.9 Å². The summed E-state index contributed by atoms with van der Waals surface area (Å²) in [5.41, 5.74) is 0.549. The fraction of sp³-hybridized carbons (Fsp3) is 1.00. The molecular weight excluding hydrogens is 222 g/mol. The maximum Gasteiger partial charge on any atom is 0.153 e. The smallest absolute Gasteiger partial charge is 0.153 e. The third-order valence-electron chi connectivity index (χ3n) is 4.37. The minimum atomic E-state index is -2.97. The van der Waals surface area contributed by atoms with E-state index in [1.54, 1.807) is 13.8 Å². The topological polar surface area (TPSA) is 46.2 Å². The maximum atomic E-state index is 11.5. The Morgan fingerprint density at radius 1 is 1.31 bits per heavy atom. The van der Waals surface area contributed by atoms with Crippen molar-refractivity contribution in [2.75, 3.05) is 19.3 Å². The molecule has 0 radical (unpaired) electrons. The number of hydrogen-bond donors (Lipinski definition) is 1. The molecule has 2 aliphatic carbocycles. The third-order valence-corrected chi connectivity index (χ3v) is 6.52. The lowest BCUT2D eigenvalue weighted by Gasteiger charge is -2.24. The second-order valence-electron chi connectivity index (χ2n) is 6.27. The van der Waals surface area contributed by atoms with Gasteiger partial charge in [0.25, 0.3) is 0 Å². The van der Waals surface area contributed by atoms with Crippen LogP contribution in [0, 0.1) is 11.3 Å². The van der Waals surface area contributed by atoms with E-state index in [9.17, 15) is 8.42 Å². The van der Waals surface area contributed by atoms with Gasteiger partial charge in [-0.25, -0.2) is 8.42 Å². The highest BCUT2D eigenvalue weighted by Crippen LogP contribution is 2.60. The molecule has 2 rings (SSSR count). The van der Waals surface area contributed by atoms with Gasteiger partial charge >= 0.3 is 0 Å². The molecule has 4 heteroatoms. The predicted octanol–water partition coefficient (Wildman–Crippen LogP) is 1.59. The van der Waals surface area contributed by atoms with Crippen LogP contribution in [0.1, 0.15) is 39.5 Å². The zero-order valence-corrected chi connectivity index (χ0v) is 11.4. The quantitative estimate of drug-likeness (QED) is 0.773. The van der Waals surface area contributed by atoms with Gasteiger partial charge in [0, 0.05) is 19.3 Å². The number of rotatable bonds is 6. The van der Waals surface area contributed by atoms with E-state index in [0.29, 0.717) is 12.0 Å². The van der Waals surface area contributed by atoms with E-state index in [2.05, 4.69) is 5.32 Å². The van der Waals surface area contributed by atoms with Crippen LogP contribution in [-0.4, -0.2) is 32.5 Å². The van der Waals surface area contributed by atoms with E-state index in [0.717, 1.165) is 12.5 Å². The molecule has 0 spiro atoms. The van der Waals surface area contributed by atoms with Gasteiger partial charge in [0.2, 0.25) is 0 Å². The van der Waals surface area contributed by atoms with Crippen LogP contribution < -0.4 is 5.32 Å². The van der Waals surface area contributed by atoms with E-state index >= 15 is 0 Å². The van der Waals surface area contributed by atoms with Gasteiger partial charge in [0.15, 0.2) is 9.84 Å². The van der Waals surface area contributed by atoms with Crippen molar-refractivity contribution in [1.29, 1.82) is 0 Å². The molecule has 0 amide bonds. The van der Waals surface area contributed by atoms with Crippen molar-refractivity contribution in [2.24, 2.45) is 11.3 Å². The number of sulfone groups is 1. The Hall–Kier alpha value is -0.0900. The molecule has 1 N–H and O–H groups in total. The highest BCUT2D eigenvalue weighted by atomic mass is 32.2. The summed E-state index contributed by atoms with van der Waals surface area (Å²) in [6.45, 7) is 5.18. The molecule has 0 bridgehead atoms. The summed E-state index contributed by atoms with van der Waals surface area (Å²) in [7, 11) is -2.97. The zero-order chi connectivity index (χ0) is 12.0. The van der Waals surface area contributed by atoms with Crippen molar-refractivity contribution >= 4 is 9.84 Å². The molecule has 0 heterocycles. The molecule has 16 heavy (non-hydrogen) atoms. The summed E-state index contributed by atoms with van der Waals surface area (Å²) in [5, 5.41) is 3.38. The molecular formula is C12H23NO2S. The molecule has 0 saturated heterocycles. The van der Waals surface area contributed by atoms with Crippen LogP contribution in [-0.2, 0) is 9.84 Å². The van der Waals surface area contributed by atoms with Crippen molar-refractivity contribution < 1.29 is 8.42 Å². The summed E-state index contributed by atoms with van der Waals surface area (Å²) >= 11 is 0. The van der Waals surface area contributed by atoms with Crippen LogP contribution in [0.4, 0.5) is 0 Å². The average Bonchev–Trinajstić information content (AvgIpc) is 2.97. The molecule has 3 nitrogen and oxygen atoms in total. The molecule has 0 aromatic rings. The van der Waals surface area contributed by atoms with Gasteiger partial charge in [-0.05, 0) is 50.9 Å². The first kappa shape index (κ1) is 12.4. The molecule has 0 atom stereocenters. The van der Waals surface area contributed by atoms with E-state index < -0.39 is 14.6 Å². The molecule has 2 aliphatic rings. The van der Waals surface area contributed by atoms with Gasteiger partial charge in [-0.1, -0.05) is 0 Å². The summed E-state index contributed by atoms with van der Waals surface area (Å²) in [6.07, 6.45) is 6.77. The second kappa shape index (κ2) is 3.70. The first-order chi connectivity index (χ1) is 7.27. The molecule has 2 fully saturated rings. The van der Waals surface area contributed by atoms with Crippen molar-refractivity contribution in [1.82, 2.24) is 5.32 Å². The maximum absolute atomic E-state index is 11.5. The highest BCUT2D eigenvalue weighted by Gasteiger charge is 2.53. The van der Waals surface area contributed by atoms with Crippen molar-refractivity contribution in [2.45, 2.75) is 44.3 Å². The summed E-state index contributed by atoms with van der Waals surface area (Å²) in [6, 6.07) is 0. The molecule has 0 aliphatic heterocycles. The van der Waals surface area contributed by atoms with Crippen LogP contribution in [0.5, 0.6) is 0 Å². The van der Waals surface area contributed by atoms with Crippen molar-refractivity contribution in [3.63, 3.8) is 0 Å². The van der Waals surface area contributed by atoms with Crippen LogP contribution >= 0.6 is 0 Å². The lowest BCUT2D eigenvalue weighted by molar-refractivity contribution is 0.392. The lowest BCUT2D eigenvalue weighted by Crippen LogP contribution is -2.43. The standard InChI is InChI=1S/C12H23NO2S/c1-11(2,16(3,14)15)8-13-9-12(6-7-12)10-4-5-10/h10,13H,4-9H2,1-3H3. The van der Waals surface area contributed by atoms with Gasteiger partial charge < -0.3 is 5.32 Å². The summed E-state index contributed by atoms with van der Waals surface area (Å²) < 4.78 is 22.4. The van der Waals surface area contributed by atoms with Crippen molar-refractivity contribution in [3.05, 3.63) is 0 Å². The Kier molecular flexibility index (Phi) is 2.86. The van der Waals surface area contributed by atoms with Gasteiger partial charge in [-0.2, -0.15) is 0 Å². The fourth-order valence-electron chi connectivity index (χ4n) is 2.33. The lowest BCUT2D eigenvalue weighted by atomic mass is 10.0. The molecule has 0 aromatic heterocycles. The Balaban J connectivity index is 1.80. The second-order valence-corrected chi connectivity index (χ2v) is 8.92. The fourth-order valence-corrected chi connectivity index (χ4v) is 2.69. The van der Waals surface area contributed by atoms with Gasteiger partial charge in [0.1, 0.15) is 0 Å². The number of nitrogens with one attached hydrogen (secondary N) is 1. The molecule has 0 unspecified atom stereocenters. The van der Waals surface area contributed by atoms with Gasteiger partial charge in [-0.15, -0.1) is 0 Å². The van der Waals surface area contributed by atoms with Crippen molar-refractivity contribution in [3.8, 4) is 0 Å². The highest BCUT2D eigenvalue weighted by molar-refractivity contribution is 7.92. The first-order valence-electron chi connectivity index (χ1n) is 6.17. The minimum Gasteiger partial charge on any atom is -0.315 e. The molecule has 94 valence electrons. The Morgan fingerprint density at radius 2 is 1.88 bits per heavy atom. The summed E-state index contributed by atoms with van der Waals surface area (Å²) in [4.78, 5) is 0. The Bertz CT molecular complexity index is 364. The SMILES string of the molecule is CC(C)(CNCC1(C2CC2)CC1)S(C)(=O)=O. The number of hydrogen-bond acceptors (Lipinski definition) is 3. The van der Waals surface area contributed by atoms with Crippen LogP contribution in [0.2, 0.25) is 0 Å². The Labute approximate surface area is 98.9 Å². The predicted molar refractivity (Wildman–Crippen MR) is 66.2 cm³/mol. The molecule has 0 aromatic carbocycles. The largest absolute Gasteiger partial charge is 0.315 e. The van der Waals surface area contributed by atoms with E-state index in [1.807, 2.05) is 0 Å². The van der Waals surface area contributed by atoms with Crippen LogP contribution in [0.3, 0.4) is 0 Å². The first-order valence-corrected chi connectivity index (χ1v) is 8.06. The van der Waals surface area contributed by atoms with Gasteiger partial charge in [-0.3, -0.25) is 0 Å². The monoisotopic (exact) mass is 245 g/mol. The normalized spacial score (nSPS) is 24.4. The Morgan fingerprint density at radius 3 is 2.25 bits per heavy atom. The molecule has 2 saturated carbocycles. The van der Waals surface area contributed by atoms with Crippen LogP contribution in [0.25, 0.3) is 0 Å². The van der Waals surface area contributed by atoms with E-state index in [4.69, 9.17) is 0 Å².